The number of hydrogen-bond acceptors (Lipinski definition) is 6. The molecule has 0 spiro atoms. The molecule has 9 nitrogen and oxygen atoms in total. The number of rotatable bonds is 8. The van der Waals surface area contributed by atoms with Crippen LogP contribution in [0.15, 0.2) is 89.5 Å². The molecule has 0 saturated carbocycles. The van der Waals surface area contributed by atoms with Crippen molar-refractivity contribution in [2.45, 2.75) is 25.4 Å². The highest BCUT2D eigenvalue weighted by molar-refractivity contribution is 7.80. The van der Waals surface area contributed by atoms with Crippen molar-refractivity contribution < 1.29 is 14.1 Å². The van der Waals surface area contributed by atoms with Crippen molar-refractivity contribution in [3.05, 3.63) is 112 Å². The summed E-state index contributed by atoms with van der Waals surface area (Å²) in [5.41, 5.74) is 3.20. The van der Waals surface area contributed by atoms with Crippen molar-refractivity contribution in [2.75, 3.05) is 11.9 Å². The van der Waals surface area contributed by atoms with Gasteiger partial charge in [-0.05, 0) is 55.5 Å². The van der Waals surface area contributed by atoms with Crippen molar-refractivity contribution in [1.29, 1.82) is 0 Å². The highest BCUT2D eigenvalue weighted by Crippen LogP contribution is 2.40. The van der Waals surface area contributed by atoms with Crippen molar-refractivity contribution in [1.82, 2.24) is 15.2 Å². The smallest absolute Gasteiger partial charge is 0.270 e. The first-order valence-electron chi connectivity index (χ1n) is 12.1. The van der Waals surface area contributed by atoms with Crippen LogP contribution in [0.25, 0.3) is 11.3 Å². The summed E-state index contributed by atoms with van der Waals surface area (Å²) in [5.74, 6) is 0.972. The molecule has 1 fully saturated rings. The fourth-order valence-electron chi connectivity index (χ4n) is 4.48. The maximum Gasteiger partial charge on any atom is 0.270 e. The number of amides is 1. The van der Waals surface area contributed by atoms with Gasteiger partial charge in [0.15, 0.2) is 5.11 Å². The lowest BCUT2D eigenvalue weighted by Crippen LogP contribution is -2.32. The lowest BCUT2D eigenvalue weighted by atomic mass is 10.0. The number of non-ortho nitro benzene ring substituents is 1. The Morgan fingerprint density at radius 3 is 2.68 bits per heavy atom. The van der Waals surface area contributed by atoms with Crippen LogP contribution in [0.4, 0.5) is 11.4 Å². The molecule has 2 atom stereocenters. The molecule has 38 heavy (non-hydrogen) atoms. The minimum absolute atomic E-state index is 0.0169. The molecule has 1 amide bonds. The van der Waals surface area contributed by atoms with Gasteiger partial charge in [-0.3, -0.25) is 19.9 Å². The van der Waals surface area contributed by atoms with E-state index in [0.29, 0.717) is 28.7 Å². The van der Waals surface area contributed by atoms with Crippen LogP contribution in [0.5, 0.6) is 0 Å². The van der Waals surface area contributed by atoms with E-state index in [1.165, 1.54) is 12.1 Å². The van der Waals surface area contributed by atoms with Gasteiger partial charge in [-0.25, -0.2) is 0 Å². The Morgan fingerprint density at radius 2 is 1.95 bits per heavy atom. The molecule has 3 heterocycles. The van der Waals surface area contributed by atoms with E-state index in [4.69, 9.17) is 16.6 Å². The van der Waals surface area contributed by atoms with Crippen LogP contribution in [0.1, 0.15) is 35.5 Å². The summed E-state index contributed by atoms with van der Waals surface area (Å²) >= 11 is 5.68. The zero-order chi connectivity index (χ0) is 26.6. The molecule has 1 aliphatic heterocycles. The number of furan rings is 1. The quantitative estimate of drug-likeness (QED) is 0.174. The van der Waals surface area contributed by atoms with Gasteiger partial charge in [-0.15, -0.1) is 0 Å². The number of aryl methyl sites for hydroxylation is 1. The van der Waals surface area contributed by atoms with Gasteiger partial charge in [0.25, 0.3) is 5.69 Å². The number of nitro benzene ring substituents is 1. The van der Waals surface area contributed by atoms with Crippen LogP contribution in [0, 0.1) is 17.0 Å². The van der Waals surface area contributed by atoms with E-state index in [-0.39, 0.29) is 30.1 Å². The first-order valence-corrected chi connectivity index (χ1v) is 12.5. The van der Waals surface area contributed by atoms with Gasteiger partial charge in [-0.1, -0.05) is 35.9 Å². The van der Waals surface area contributed by atoms with Crippen LogP contribution in [-0.4, -0.2) is 32.4 Å². The topological polar surface area (TPSA) is 114 Å². The number of hydrogen-bond donors (Lipinski definition) is 2. The third-order valence-corrected chi connectivity index (χ3v) is 6.73. The number of carbonyl (C=O) groups excluding carboxylic acids is 1. The van der Waals surface area contributed by atoms with E-state index in [1.54, 1.807) is 24.4 Å². The van der Waals surface area contributed by atoms with Crippen molar-refractivity contribution in [3.8, 4) is 11.3 Å². The molecule has 2 unspecified atom stereocenters. The Bertz CT molecular complexity index is 1470. The molecule has 10 heteroatoms. The molecular formula is C28H25N5O4S. The van der Waals surface area contributed by atoms with E-state index in [2.05, 4.69) is 15.6 Å². The van der Waals surface area contributed by atoms with Gasteiger partial charge < -0.3 is 20.0 Å². The number of anilines is 1. The standard InChI is InChI=1S/C28H25N5O4S/c1-18-8-10-20(11-9-18)30-25(34)14-16-32-27(26(31-28(32)38)22-7-2-3-15-29-22)24-13-12-23(37-24)19-5-4-6-21(17-19)33(35)36/h2-13,15,17,26-27H,14,16H2,1H3,(H,30,34)(H,31,38). The number of carbonyl (C=O) groups is 1. The summed E-state index contributed by atoms with van der Waals surface area (Å²) in [7, 11) is 0. The Balaban J connectivity index is 1.40. The zero-order valence-electron chi connectivity index (χ0n) is 20.5. The molecule has 0 radical (unpaired) electrons. The molecule has 0 aliphatic carbocycles. The van der Waals surface area contributed by atoms with Crippen LogP contribution in [0.2, 0.25) is 0 Å². The first kappa shape index (κ1) is 25.1. The van der Waals surface area contributed by atoms with E-state index in [9.17, 15) is 14.9 Å². The molecule has 192 valence electrons. The van der Waals surface area contributed by atoms with Gasteiger partial charge >= 0.3 is 0 Å². The van der Waals surface area contributed by atoms with Crippen LogP contribution >= 0.6 is 12.2 Å². The van der Waals surface area contributed by atoms with Gasteiger partial charge in [0, 0.05) is 42.5 Å². The number of aromatic nitrogens is 1. The van der Waals surface area contributed by atoms with E-state index < -0.39 is 4.92 Å². The highest BCUT2D eigenvalue weighted by atomic mass is 32.1. The van der Waals surface area contributed by atoms with Gasteiger partial charge in [0.05, 0.1) is 16.7 Å². The van der Waals surface area contributed by atoms with E-state index in [0.717, 1.165) is 16.9 Å². The predicted molar refractivity (Wildman–Crippen MR) is 147 cm³/mol. The third-order valence-electron chi connectivity index (χ3n) is 6.37. The minimum Gasteiger partial charge on any atom is -0.459 e. The van der Waals surface area contributed by atoms with Crippen molar-refractivity contribution in [2.24, 2.45) is 0 Å². The van der Waals surface area contributed by atoms with Crippen LogP contribution < -0.4 is 10.6 Å². The van der Waals surface area contributed by atoms with E-state index in [1.807, 2.05) is 60.4 Å². The average molecular weight is 528 g/mol. The Kier molecular flexibility index (Phi) is 7.14. The van der Waals surface area contributed by atoms with Crippen LogP contribution in [-0.2, 0) is 4.79 Å². The molecule has 1 aliphatic rings. The molecular weight excluding hydrogens is 502 g/mol. The monoisotopic (exact) mass is 527 g/mol. The molecule has 4 aromatic rings. The summed E-state index contributed by atoms with van der Waals surface area (Å²) in [6, 6.07) is 22.5. The Labute approximate surface area is 224 Å². The number of thiocarbonyl (C=S) groups is 1. The summed E-state index contributed by atoms with van der Waals surface area (Å²) in [6.45, 7) is 2.34. The summed E-state index contributed by atoms with van der Waals surface area (Å²) in [5, 5.41) is 18.0. The second-order valence-corrected chi connectivity index (χ2v) is 9.38. The Morgan fingerprint density at radius 1 is 1.13 bits per heavy atom. The molecule has 1 saturated heterocycles. The fourth-order valence-corrected chi connectivity index (χ4v) is 4.81. The predicted octanol–water partition coefficient (Wildman–Crippen LogP) is 5.56. The largest absolute Gasteiger partial charge is 0.459 e. The van der Waals surface area contributed by atoms with Gasteiger partial charge in [0.2, 0.25) is 5.91 Å². The van der Waals surface area contributed by atoms with Gasteiger partial charge in [0.1, 0.15) is 17.6 Å². The number of benzene rings is 2. The fraction of sp³-hybridized carbons (Fsp3) is 0.179. The molecule has 5 rings (SSSR count). The Hall–Kier alpha value is -4.57. The lowest BCUT2D eigenvalue weighted by Gasteiger charge is -2.25. The average Bonchev–Trinajstić information content (AvgIpc) is 3.54. The first-order chi connectivity index (χ1) is 18.4. The molecule has 0 bridgehead atoms. The summed E-state index contributed by atoms with van der Waals surface area (Å²) < 4.78 is 6.24. The second-order valence-electron chi connectivity index (χ2n) is 8.99. The summed E-state index contributed by atoms with van der Waals surface area (Å²) in [6.07, 6.45) is 1.92. The summed E-state index contributed by atoms with van der Waals surface area (Å²) in [4.78, 5) is 30.0. The van der Waals surface area contributed by atoms with Crippen molar-refractivity contribution >= 4 is 34.6 Å². The molecule has 2 aromatic carbocycles. The van der Waals surface area contributed by atoms with E-state index >= 15 is 0 Å². The van der Waals surface area contributed by atoms with Crippen molar-refractivity contribution in [3.63, 3.8) is 0 Å². The maximum atomic E-state index is 12.7. The SMILES string of the molecule is Cc1ccc(NC(=O)CCN2C(=S)NC(c3ccccn3)C2c2ccc(-c3cccc([N+](=O)[O-])c3)o2)cc1. The minimum atomic E-state index is -0.437. The normalized spacial score (nSPS) is 16.8. The number of pyridine rings is 1. The number of nitrogens with one attached hydrogen (secondary N) is 2. The highest BCUT2D eigenvalue weighted by Gasteiger charge is 2.41. The molecule has 2 aromatic heterocycles. The molecule has 2 N–H and O–H groups in total. The number of nitrogens with zero attached hydrogens (tertiary/aromatic N) is 3. The number of nitro groups is 1. The second kappa shape index (κ2) is 10.8. The maximum absolute atomic E-state index is 12.7. The van der Waals surface area contributed by atoms with Gasteiger partial charge in [-0.2, -0.15) is 0 Å². The third kappa shape index (κ3) is 5.40. The van der Waals surface area contributed by atoms with Crippen LogP contribution in [0.3, 0.4) is 0 Å². The zero-order valence-corrected chi connectivity index (χ0v) is 21.4. The lowest BCUT2D eigenvalue weighted by molar-refractivity contribution is -0.384.